The number of carbonyl (C=O) groups is 1. The molecule has 0 spiro atoms. The Hall–Kier alpha value is -2.91. The molecule has 4 saturated carbocycles. The van der Waals surface area contributed by atoms with Crippen molar-refractivity contribution in [3.05, 3.63) is 59.3 Å². The van der Waals surface area contributed by atoms with E-state index in [0.717, 1.165) is 12.8 Å². The second kappa shape index (κ2) is 12.6. The minimum Gasteiger partial charge on any atom is -0.475 e. The molecule has 7 rings (SSSR count). The first kappa shape index (κ1) is 36.4. The molecular formula is C45H63N3O3. The third kappa shape index (κ3) is 5.32. The van der Waals surface area contributed by atoms with Crippen LogP contribution < -0.4 is 10.5 Å². The molecule has 276 valence electrons. The van der Waals surface area contributed by atoms with Crippen LogP contribution in [0, 0.1) is 68.0 Å². The third-order valence-electron chi connectivity index (χ3n) is 16.8. The molecule has 1 aromatic heterocycles. The van der Waals surface area contributed by atoms with Gasteiger partial charge in [0.15, 0.2) is 0 Å². The van der Waals surface area contributed by atoms with Crippen LogP contribution in [0.3, 0.4) is 0 Å². The van der Waals surface area contributed by atoms with E-state index in [0.29, 0.717) is 65.4 Å². The van der Waals surface area contributed by atoms with E-state index in [1.807, 2.05) is 6.92 Å². The van der Waals surface area contributed by atoms with E-state index in [2.05, 4.69) is 71.3 Å². The van der Waals surface area contributed by atoms with Crippen LogP contribution >= 0.6 is 0 Å². The number of rotatable bonds is 7. The Morgan fingerprint density at radius 1 is 1.00 bits per heavy atom. The predicted molar refractivity (Wildman–Crippen MR) is 202 cm³/mol. The zero-order valence-corrected chi connectivity index (χ0v) is 32.6. The number of fused-ring (bicyclic) bond motifs is 7. The van der Waals surface area contributed by atoms with Crippen molar-refractivity contribution < 1.29 is 14.3 Å². The van der Waals surface area contributed by atoms with Gasteiger partial charge in [-0.15, -0.1) is 0 Å². The van der Waals surface area contributed by atoms with Crippen LogP contribution in [0.25, 0.3) is 0 Å². The van der Waals surface area contributed by atoms with Gasteiger partial charge in [0, 0.05) is 11.7 Å². The number of aromatic nitrogens is 1. The number of pyridine rings is 1. The highest BCUT2D eigenvalue weighted by molar-refractivity contribution is 5.78. The van der Waals surface area contributed by atoms with Gasteiger partial charge < -0.3 is 15.2 Å². The molecule has 1 aromatic rings. The van der Waals surface area contributed by atoms with Crippen LogP contribution in [0.2, 0.25) is 0 Å². The van der Waals surface area contributed by atoms with Gasteiger partial charge in [-0.1, -0.05) is 58.9 Å². The SMILES string of the molecule is C=C(C)[C@@H]1CC[C@]2(N)CC[C@]3(C)[C@H](CC[C@@H]4[C@@]5(C)CC=C(C6=CC[C@](COc7ncccc7C#N)(C(=O)OCC)CC6)C(C)(C)[C@@H]5CC[C@]43C)[C@@H]12. The van der Waals surface area contributed by atoms with Crippen LogP contribution in [0.5, 0.6) is 5.88 Å². The highest BCUT2D eigenvalue weighted by atomic mass is 16.5. The van der Waals surface area contributed by atoms with Crippen molar-refractivity contribution in [1.29, 1.82) is 5.26 Å². The number of hydrogen-bond acceptors (Lipinski definition) is 6. The Kier molecular flexibility index (Phi) is 9.01. The van der Waals surface area contributed by atoms with Gasteiger partial charge in [-0.05, 0) is 165 Å². The third-order valence-corrected chi connectivity index (χ3v) is 16.8. The number of esters is 1. The topological polar surface area (TPSA) is 98.2 Å². The van der Waals surface area contributed by atoms with Crippen LogP contribution in [-0.4, -0.2) is 29.7 Å². The van der Waals surface area contributed by atoms with E-state index in [1.54, 1.807) is 18.3 Å². The molecule has 0 amide bonds. The maximum absolute atomic E-state index is 13.5. The highest BCUT2D eigenvalue weighted by Crippen LogP contribution is 2.76. The molecule has 1 heterocycles. The van der Waals surface area contributed by atoms with Crippen molar-refractivity contribution >= 4 is 5.97 Å². The first-order chi connectivity index (χ1) is 24.1. The average molecular weight is 694 g/mol. The van der Waals surface area contributed by atoms with Gasteiger partial charge in [0.05, 0.1) is 6.61 Å². The molecule has 10 atom stereocenters. The maximum atomic E-state index is 13.5. The number of hydrogen-bond donors (Lipinski definition) is 1. The number of nitriles is 1. The lowest BCUT2D eigenvalue weighted by Crippen LogP contribution is -2.67. The van der Waals surface area contributed by atoms with Gasteiger partial charge in [0.2, 0.25) is 5.88 Å². The first-order valence-electron chi connectivity index (χ1n) is 20.1. The zero-order valence-electron chi connectivity index (χ0n) is 32.6. The van der Waals surface area contributed by atoms with Crippen molar-refractivity contribution in [3.63, 3.8) is 0 Å². The molecule has 6 heteroatoms. The molecule has 0 bridgehead atoms. The fourth-order valence-electron chi connectivity index (χ4n) is 14.0. The van der Waals surface area contributed by atoms with Gasteiger partial charge in [-0.25, -0.2) is 4.98 Å². The standard InChI is InChI=1S/C45H63N3O3/c1-9-50-39(49)44(28-51-38-31(27-46)11-10-26-48-38)21-14-30(15-22-44)33-17-19-41(6)35(40(33,4)5)18-20-43(8)36(41)13-12-34-37-32(29(2)3)16-23-45(37,47)25-24-42(34,43)7/h10-11,14,17,26,32,34-37H,2,9,12-13,15-16,18-25,28,47H2,1,3-8H3/t32-,34+,35-,36+,37+,41-,42+,43+,44-,45-/m0/s1. The largest absolute Gasteiger partial charge is 0.475 e. The Labute approximate surface area is 307 Å². The van der Waals surface area contributed by atoms with E-state index in [-0.39, 0.29) is 34.8 Å². The first-order valence-corrected chi connectivity index (χ1v) is 20.1. The van der Waals surface area contributed by atoms with Crippen molar-refractivity contribution in [3.8, 4) is 11.9 Å². The second-order valence-electron chi connectivity index (χ2n) is 19.2. The lowest BCUT2D eigenvalue weighted by atomic mass is 9.33. The Morgan fingerprint density at radius 3 is 2.47 bits per heavy atom. The van der Waals surface area contributed by atoms with Crippen molar-refractivity contribution in [2.45, 2.75) is 131 Å². The molecule has 4 fully saturated rings. The number of nitrogens with two attached hydrogens (primary N) is 1. The second-order valence-corrected chi connectivity index (χ2v) is 19.2. The summed E-state index contributed by atoms with van der Waals surface area (Å²) in [6.45, 7) is 22.1. The summed E-state index contributed by atoms with van der Waals surface area (Å²) in [6, 6.07) is 5.57. The zero-order chi connectivity index (χ0) is 36.6. The van der Waals surface area contributed by atoms with Crippen LogP contribution in [0.1, 0.15) is 131 Å². The normalized spacial score (nSPS) is 42.5. The monoisotopic (exact) mass is 693 g/mol. The quantitative estimate of drug-likeness (QED) is 0.226. The molecule has 0 unspecified atom stereocenters. The van der Waals surface area contributed by atoms with Crippen LogP contribution in [-0.2, 0) is 9.53 Å². The van der Waals surface area contributed by atoms with E-state index in [1.165, 1.54) is 68.1 Å². The number of carbonyl (C=O) groups excluding carboxylic acids is 1. The molecule has 51 heavy (non-hydrogen) atoms. The highest BCUT2D eigenvalue weighted by Gasteiger charge is 2.70. The number of ether oxygens (including phenoxy) is 2. The number of nitrogens with zero attached hydrogens (tertiary/aromatic N) is 2. The summed E-state index contributed by atoms with van der Waals surface area (Å²) in [5, 5.41) is 9.57. The Bertz CT molecular complexity index is 1690. The minimum atomic E-state index is -0.804. The molecule has 0 radical (unpaired) electrons. The molecule has 0 aromatic carbocycles. The summed E-state index contributed by atoms with van der Waals surface area (Å²) >= 11 is 0. The van der Waals surface area contributed by atoms with E-state index in [4.69, 9.17) is 15.2 Å². The summed E-state index contributed by atoms with van der Waals surface area (Å²) in [5.41, 5.74) is 12.0. The van der Waals surface area contributed by atoms with Gasteiger partial charge in [-0.2, -0.15) is 5.26 Å². The minimum absolute atomic E-state index is 0.00865. The van der Waals surface area contributed by atoms with E-state index in [9.17, 15) is 10.1 Å². The summed E-state index contributed by atoms with van der Waals surface area (Å²) in [7, 11) is 0. The van der Waals surface area contributed by atoms with E-state index < -0.39 is 5.41 Å². The fraction of sp³-hybridized carbons (Fsp3) is 0.711. The summed E-state index contributed by atoms with van der Waals surface area (Å²) in [6.07, 6.45) is 19.7. The van der Waals surface area contributed by atoms with Crippen molar-refractivity contribution in [2.24, 2.45) is 62.4 Å². The smallest absolute Gasteiger partial charge is 0.315 e. The summed E-state index contributed by atoms with van der Waals surface area (Å²) < 4.78 is 11.7. The van der Waals surface area contributed by atoms with Gasteiger partial charge in [0.1, 0.15) is 23.7 Å². The lowest BCUT2D eigenvalue weighted by Gasteiger charge is -2.72. The lowest BCUT2D eigenvalue weighted by molar-refractivity contribution is -0.219. The summed E-state index contributed by atoms with van der Waals surface area (Å²) in [4.78, 5) is 17.8. The molecule has 0 aliphatic heterocycles. The maximum Gasteiger partial charge on any atom is 0.315 e. The van der Waals surface area contributed by atoms with Crippen LogP contribution in [0.4, 0.5) is 0 Å². The Morgan fingerprint density at radius 2 is 1.78 bits per heavy atom. The van der Waals surface area contributed by atoms with Crippen LogP contribution in [0.15, 0.2) is 53.8 Å². The molecule has 2 N–H and O–H groups in total. The van der Waals surface area contributed by atoms with Gasteiger partial charge in [0.25, 0.3) is 0 Å². The van der Waals surface area contributed by atoms with Crippen molar-refractivity contribution in [2.75, 3.05) is 13.2 Å². The van der Waals surface area contributed by atoms with Gasteiger partial charge in [-0.3, -0.25) is 4.79 Å². The molecule has 0 saturated heterocycles. The predicted octanol–water partition coefficient (Wildman–Crippen LogP) is 9.90. The van der Waals surface area contributed by atoms with Gasteiger partial charge >= 0.3 is 5.97 Å². The molecule has 6 aliphatic rings. The summed E-state index contributed by atoms with van der Waals surface area (Å²) in [5.74, 6) is 3.18. The molecule has 6 nitrogen and oxygen atoms in total. The average Bonchev–Trinajstić information content (AvgIpc) is 3.46. The Balaban J connectivity index is 1.15. The van der Waals surface area contributed by atoms with Crippen molar-refractivity contribution in [1.82, 2.24) is 4.98 Å². The number of allylic oxidation sites excluding steroid dienone is 5. The van der Waals surface area contributed by atoms with E-state index >= 15 is 0 Å². The molecular weight excluding hydrogens is 631 g/mol. The fourth-order valence-corrected chi connectivity index (χ4v) is 14.0. The molecule has 6 aliphatic carbocycles.